The highest BCUT2D eigenvalue weighted by Crippen LogP contribution is 2.25. The van der Waals surface area contributed by atoms with E-state index >= 15 is 0 Å². The summed E-state index contributed by atoms with van der Waals surface area (Å²) in [4.78, 5) is 21.9. The van der Waals surface area contributed by atoms with Crippen molar-refractivity contribution in [2.75, 3.05) is 45.0 Å². The minimum Gasteiger partial charge on any atom is -0.496 e. The number of hydrogen-bond donors (Lipinski definition) is 2. The zero-order chi connectivity index (χ0) is 22.9. The largest absolute Gasteiger partial charge is 0.496 e. The minimum atomic E-state index is -0.267. The van der Waals surface area contributed by atoms with E-state index < -0.39 is 0 Å². The van der Waals surface area contributed by atoms with Crippen molar-refractivity contribution in [1.82, 2.24) is 25.1 Å². The maximum atomic E-state index is 12.6. The second kappa shape index (κ2) is 11.9. The van der Waals surface area contributed by atoms with E-state index in [0.717, 1.165) is 23.4 Å². The average molecular weight is 479 g/mol. The fourth-order valence-corrected chi connectivity index (χ4v) is 3.86. The molecule has 2 aromatic heterocycles. The topological polar surface area (TPSA) is 103 Å². The van der Waals surface area contributed by atoms with Gasteiger partial charge in [-0.2, -0.15) is 5.10 Å². The lowest BCUT2D eigenvalue weighted by molar-refractivity contribution is 0.0949. The van der Waals surface area contributed by atoms with E-state index in [1.54, 1.807) is 47.9 Å². The molecule has 0 aliphatic heterocycles. The van der Waals surface area contributed by atoms with Gasteiger partial charge in [-0.3, -0.25) is 4.79 Å². The van der Waals surface area contributed by atoms with E-state index in [0.29, 0.717) is 53.4 Å². The molecule has 9 nitrogen and oxygen atoms in total. The van der Waals surface area contributed by atoms with Gasteiger partial charge in [-0.05, 0) is 24.6 Å². The molecule has 11 heteroatoms. The number of hydrogen-bond acceptors (Lipinski definition) is 8. The predicted molar refractivity (Wildman–Crippen MR) is 127 cm³/mol. The van der Waals surface area contributed by atoms with Gasteiger partial charge in [0.05, 0.1) is 37.4 Å². The summed E-state index contributed by atoms with van der Waals surface area (Å²) < 4.78 is 12.1. The molecule has 3 rings (SSSR count). The standard InChI is InChI=1S/C21H27ClN6O3S/c1-4-11-32-21-26-18(23-8-10-30-2)16-13-25-28(19(16)27-21)9-7-24-20(29)15-12-14(22)5-6-17(15)31-3/h5-6,12-13H,4,7-11H2,1-3H3,(H,24,29)(H,23,26,27). The van der Waals surface area contributed by atoms with Crippen LogP contribution in [0.15, 0.2) is 29.6 Å². The molecule has 0 saturated carbocycles. The maximum Gasteiger partial charge on any atom is 0.255 e. The number of nitrogens with zero attached hydrogens (tertiary/aromatic N) is 4. The first-order valence-electron chi connectivity index (χ1n) is 10.3. The van der Waals surface area contributed by atoms with Crippen molar-refractivity contribution in [2.24, 2.45) is 0 Å². The third-order valence-corrected chi connectivity index (χ3v) is 5.81. The second-order valence-corrected chi connectivity index (χ2v) is 8.33. The summed E-state index contributed by atoms with van der Waals surface area (Å²) in [5.74, 6) is 1.85. The lowest BCUT2D eigenvalue weighted by atomic mass is 10.2. The molecule has 0 aliphatic rings. The highest BCUT2D eigenvalue weighted by molar-refractivity contribution is 7.99. The van der Waals surface area contributed by atoms with Crippen molar-refractivity contribution in [3.8, 4) is 5.75 Å². The Labute approximate surface area is 196 Å². The Morgan fingerprint density at radius 2 is 2.09 bits per heavy atom. The summed E-state index contributed by atoms with van der Waals surface area (Å²) in [5.41, 5.74) is 1.10. The number of ether oxygens (including phenoxy) is 2. The van der Waals surface area contributed by atoms with Gasteiger partial charge in [-0.15, -0.1) is 0 Å². The van der Waals surface area contributed by atoms with Crippen LogP contribution in [0.25, 0.3) is 11.0 Å². The Bertz CT molecular complexity index is 1060. The molecule has 0 spiro atoms. The molecule has 3 aromatic rings. The molecule has 0 fully saturated rings. The highest BCUT2D eigenvalue weighted by atomic mass is 35.5. The number of aromatic nitrogens is 4. The number of carbonyl (C=O) groups excluding carboxylic acids is 1. The molecule has 0 atom stereocenters. The molecular formula is C21H27ClN6O3S. The number of amides is 1. The molecule has 2 heterocycles. The van der Waals surface area contributed by atoms with E-state index in [1.807, 2.05) is 0 Å². The van der Waals surface area contributed by atoms with Crippen LogP contribution in [0.3, 0.4) is 0 Å². The summed E-state index contributed by atoms with van der Waals surface area (Å²) in [6, 6.07) is 4.93. The number of methoxy groups -OCH3 is 2. The van der Waals surface area contributed by atoms with E-state index in [1.165, 1.54) is 7.11 Å². The Morgan fingerprint density at radius 3 is 2.84 bits per heavy atom. The first kappa shape index (κ1) is 24.1. The summed E-state index contributed by atoms with van der Waals surface area (Å²) >= 11 is 7.63. The number of benzene rings is 1. The smallest absolute Gasteiger partial charge is 0.255 e. The first-order valence-corrected chi connectivity index (χ1v) is 11.6. The molecule has 172 valence electrons. The van der Waals surface area contributed by atoms with Gasteiger partial charge >= 0.3 is 0 Å². The molecule has 0 bridgehead atoms. The van der Waals surface area contributed by atoms with Crippen LogP contribution in [0.5, 0.6) is 5.75 Å². The average Bonchev–Trinajstić information content (AvgIpc) is 3.20. The Balaban J connectivity index is 1.75. The quantitative estimate of drug-likeness (QED) is 0.232. The van der Waals surface area contributed by atoms with E-state index in [9.17, 15) is 4.79 Å². The first-order chi connectivity index (χ1) is 15.6. The molecule has 1 aromatic carbocycles. The zero-order valence-electron chi connectivity index (χ0n) is 18.4. The molecular weight excluding hydrogens is 452 g/mol. The molecule has 0 saturated heterocycles. The number of thioether (sulfide) groups is 1. The second-order valence-electron chi connectivity index (χ2n) is 6.83. The number of anilines is 1. The number of carbonyl (C=O) groups is 1. The summed E-state index contributed by atoms with van der Waals surface area (Å²) in [6.45, 7) is 4.12. The van der Waals surface area contributed by atoms with Crippen molar-refractivity contribution in [1.29, 1.82) is 0 Å². The van der Waals surface area contributed by atoms with Gasteiger partial charge in [-0.25, -0.2) is 14.6 Å². The van der Waals surface area contributed by atoms with Crippen LogP contribution in [-0.4, -0.2) is 65.3 Å². The highest BCUT2D eigenvalue weighted by Gasteiger charge is 2.15. The molecule has 32 heavy (non-hydrogen) atoms. The van der Waals surface area contributed by atoms with Crippen LogP contribution in [0, 0.1) is 0 Å². The van der Waals surface area contributed by atoms with Crippen molar-refractivity contribution in [3.63, 3.8) is 0 Å². The van der Waals surface area contributed by atoms with Gasteiger partial charge in [0, 0.05) is 31.0 Å². The summed E-state index contributed by atoms with van der Waals surface area (Å²) in [6.07, 6.45) is 2.76. The third kappa shape index (κ3) is 6.02. The lowest BCUT2D eigenvalue weighted by Crippen LogP contribution is -2.28. The maximum absolute atomic E-state index is 12.6. The van der Waals surface area contributed by atoms with E-state index in [2.05, 4.69) is 32.6 Å². The predicted octanol–water partition coefficient (Wildman–Crippen LogP) is 3.48. The van der Waals surface area contributed by atoms with E-state index in [-0.39, 0.29) is 5.91 Å². The summed E-state index contributed by atoms with van der Waals surface area (Å²) in [7, 11) is 3.17. The molecule has 2 N–H and O–H groups in total. The summed E-state index contributed by atoms with van der Waals surface area (Å²) in [5, 5.41) is 12.6. The van der Waals surface area contributed by atoms with Crippen LogP contribution < -0.4 is 15.4 Å². The van der Waals surface area contributed by atoms with Crippen LogP contribution in [0.1, 0.15) is 23.7 Å². The van der Waals surface area contributed by atoms with Crippen molar-refractivity contribution >= 4 is 46.1 Å². The van der Waals surface area contributed by atoms with Gasteiger partial charge in [0.2, 0.25) is 0 Å². The Kier molecular flexibility index (Phi) is 8.95. The van der Waals surface area contributed by atoms with Crippen LogP contribution in [0.4, 0.5) is 5.82 Å². The third-order valence-electron chi connectivity index (χ3n) is 4.52. The lowest BCUT2D eigenvalue weighted by Gasteiger charge is -2.11. The van der Waals surface area contributed by atoms with Crippen LogP contribution >= 0.6 is 23.4 Å². The monoisotopic (exact) mass is 478 g/mol. The molecule has 0 unspecified atom stereocenters. The SMILES string of the molecule is CCCSc1nc(NCCOC)c2cnn(CCNC(=O)c3cc(Cl)ccc3OC)c2n1. The van der Waals surface area contributed by atoms with Gasteiger partial charge in [0.15, 0.2) is 10.8 Å². The normalized spacial score (nSPS) is 11.0. The van der Waals surface area contributed by atoms with Gasteiger partial charge in [-0.1, -0.05) is 30.3 Å². The Morgan fingerprint density at radius 1 is 1.25 bits per heavy atom. The zero-order valence-corrected chi connectivity index (χ0v) is 19.9. The van der Waals surface area contributed by atoms with Crippen molar-refractivity contribution in [2.45, 2.75) is 25.0 Å². The van der Waals surface area contributed by atoms with Gasteiger partial charge in [0.1, 0.15) is 11.6 Å². The Hall–Kier alpha value is -2.56. The number of nitrogens with one attached hydrogen (secondary N) is 2. The molecule has 1 amide bonds. The van der Waals surface area contributed by atoms with Gasteiger partial charge in [0.25, 0.3) is 5.91 Å². The number of halogens is 1. The van der Waals surface area contributed by atoms with Crippen molar-refractivity contribution in [3.05, 3.63) is 35.0 Å². The minimum absolute atomic E-state index is 0.267. The van der Waals surface area contributed by atoms with Crippen LogP contribution in [-0.2, 0) is 11.3 Å². The van der Waals surface area contributed by atoms with Crippen LogP contribution in [0.2, 0.25) is 5.02 Å². The fourth-order valence-electron chi connectivity index (χ4n) is 2.99. The van der Waals surface area contributed by atoms with Gasteiger partial charge < -0.3 is 20.1 Å². The van der Waals surface area contributed by atoms with E-state index in [4.69, 9.17) is 21.1 Å². The fraction of sp³-hybridized carbons (Fsp3) is 0.429. The number of rotatable bonds is 12. The number of fused-ring (bicyclic) bond motifs is 1. The molecule has 0 aliphatic carbocycles. The molecule has 0 radical (unpaired) electrons. The van der Waals surface area contributed by atoms with Crippen molar-refractivity contribution < 1.29 is 14.3 Å².